The van der Waals surface area contributed by atoms with Gasteiger partial charge in [-0.15, -0.1) is 0 Å². The molecule has 5 fully saturated rings. The zero-order valence-electron chi connectivity index (χ0n) is 19.5. The van der Waals surface area contributed by atoms with Crippen LogP contribution in [-0.2, 0) is 9.59 Å². The first-order chi connectivity index (χ1) is 15.2. The van der Waals surface area contributed by atoms with Crippen molar-refractivity contribution in [3.63, 3.8) is 0 Å². The molecule has 0 unspecified atom stereocenters. The monoisotopic (exact) mass is 446 g/mol. The molecule has 4 aliphatic carbocycles. The molecule has 178 valence electrons. The van der Waals surface area contributed by atoms with Crippen LogP contribution in [0.25, 0.3) is 0 Å². The number of urea groups is 2. The van der Waals surface area contributed by atoms with Crippen molar-refractivity contribution in [1.29, 1.82) is 0 Å². The zero-order chi connectivity index (χ0) is 22.9. The summed E-state index contributed by atoms with van der Waals surface area (Å²) in [5.74, 6) is 1.35. The lowest BCUT2D eigenvalue weighted by molar-refractivity contribution is -0.131. The van der Waals surface area contributed by atoms with Crippen LogP contribution in [0.2, 0.25) is 0 Å². The van der Waals surface area contributed by atoms with Gasteiger partial charge in [-0.1, -0.05) is 32.6 Å². The van der Waals surface area contributed by atoms with Gasteiger partial charge in [-0.05, 0) is 69.6 Å². The quantitative estimate of drug-likeness (QED) is 0.372. The van der Waals surface area contributed by atoms with Crippen LogP contribution in [0.1, 0.15) is 90.9 Å². The maximum atomic E-state index is 12.8. The van der Waals surface area contributed by atoms with Gasteiger partial charge in [0.05, 0.1) is 0 Å². The third-order valence-corrected chi connectivity index (χ3v) is 8.11. The average molecular weight is 447 g/mol. The van der Waals surface area contributed by atoms with Crippen molar-refractivity contribution in [2.24, 2.45) is 17.8 Å². The summed E-state index contributed by atoms with van der Waals surface area (Å²) in [5, 5.41) is 8.32. The molecule has 0 aromatic carbocycles. The van der Waals surface area contributed by atoms with E-state index in [0.717, 1.165) is 49.8 Å². The molecule has 1 aliphatic heterocycles. The Hall–Kier alpha value is -2.12. The van der Waals surface area contributed by atoms with E-state index in [9.17, 15) is 19.2 Å². The van der Waals surface area contributed by atoms with Crippen LogP contribution in [0, 0.1) is 17.8 Å². The largest absolute Gasteiger partial charge is 0.332 e. The summed E-state index contributed by atoms with van der Waals surface area (Å²) in [6.07, 6.45) is 11.5. The van der Waals surface area contributed by atoms with E-state index < -0.39 is 23.5 Å². The topological polar surface area (TPSA) is 108 Å². The number of unbranched alkanes of at least 4 members (excludes halogenated alkanes) is 3. The number of amides is 6. The standard InChI is InChI=1S/C24H38N4O4/c1-3-4-5-6-8-23(2)20(30)28(22(32)27-23)9-7-19(29)25-21(31)26-24-13-16-10-17(14-24)12-18(11-16)15-24/h16-18H,3-15H2,1-2H3,(H,27,32)(H2,25,26,29,31)/t16?,17?,18?,23-,24?/m0/s1. The van der Waals surface area contributed by atoms with E-state index in [-0.39, 0.29) is 24.4 Å². The van der Waals surface area contributed by atoms with Crippen molar-refractivity contribution in [3.05, 3.63) is 0 Å². The summed E-state index contributed by atoms with van der Waals surface area (Å²) in [4.78, 5) is 51.1. The van der Waals surface area contributed by atoms with Crippen LogP contribution in [0.5, 0.6) is 0 Å². The third kappa shape index (κ3) is 4.79. The Morgan fingerprint density at radius 3 is 2.25 bits per heavy atom. The molecule has 4 saturated carbocycles. The Balaban J connectivity index is 1.23. The van der Waals surface area contributed by atoms with Crippen LogP contribution >= 0.6 is 0 Å². The molecular formula is C24H38N4O4. The van der Waals surface area contributed by atoms with Gasteiger partial charge in [-0.3, -0.25) is 19.8 Å². The van der Waals surface area contributed by atoms with Crippen molar-refractivity contribution < 1.29 is 19.2 Å². The van der Waals surface area contributed by atoms with Crippen molar-refractivity contribution in [2.75, 3.05) is 6.54 Å². The number of carbonyl (C=O) groups excluding carboxylic acids is 4. The van der Waals surface area contributed by atoms with E-state index in [1.807, 2.05) is 0 Å². The first kappa shape index (κ1) is 23.1. The lowest BCUT2D eigenvalue weighted by Crippen LogP contribution is -2.61. The summed E-state index contributed by atoms with van der Waals surface area (Å²) in [5.41, 5.74) is -1.07. The first-order valence-corrected chi connectivity index (χ1v) is 12.5. The molecule has 8 heteroatoms. The molecule has 1 atom stereocenters. The third-order valence-electron chi connectivity index (χ3n) is 8.11. The lowest BCUT2D eigenvalue weighted by atomic mass is 9.53. The highest BCUT2D eigenvalue weighted by atomic mass is 16.2. The Morgan fingerprint density at radius 1 is 1.03 bits per heavy atom. The van der Waals surface area contributed by atoms with E-state index in [1.165, 1.54) is 19.3 Å². The predicted molar refractivity (Wildman–Crippen MR) is 120 cm³/mol. The number of imide groups is 2. The lowest BCUT2D eigenvalue weighted by Gasteiger charge is -2.56. The second-order valence-corrected chi connectivity index (χ2v) is 11.0. The second-order valence-electron chi connectivity index (χ2n) is 11.0. The number of hydrogen-bond acceptors (Lipinski definition) is 4. The predicted octanol–water partition coefficient (Wildman–Crippen LogP) is 3.45. The van der Waals surface area contributed by atoms with Crippen molar-refractivity contribution in [2.45, 2.75) is 102 Å². The van der Waals surface area contributed by atoms with Crippen LogP contribution in [0.3, 0.4) is 0 Å². The average Bonchev–Trinajstić information content (AvgIpc) is 2.90. The molecule has 0 radical (unpaired) electrons. The Kier molecular flexibility index (Phi) is 6.50. The SMILES string of the molecule is CCCCCC[C@]1(C)NC(=O)N(CCC(=O)NC(=O)NC23CC4CC(CC(C4)C2)C3)C1=O. The first-order valence-electron chi connectivity index (χ1n) is 12.5. The van der Waals surface area contributed by atoms with Gasteiger partial charge in [-0.2, -0.15) is 0 Å². The minimum absolute atomic E-state index is 0.0221. The van der Waals surface area contributed by atoms with E-state index in [2.05, 4.69) is 22.9 Å². The normalized spacial score (nSPS) is 35.2. The summed E-state index contributed by atoms with van der Waals surface area (Å²) >= 11 is 0. The van der Waals surface area contributed by atoms with Gasteiger partial charge in [-0.25, -0.2) is 9.59 Å². The Bertz CT molecular complexity index is 747. The van der Waals surface area contributed by atoms with Gasteiger partial charge in [0.1, 0.15) is 5.54 Å². The molecule has 8 nitrogen and oxygen atoms in total. The van der Waals surface area contributed by atoms with Gasteiger partial charge in [0.15, 0.2) is 0 Å². The minimum atomic E-state index is -0.906. The van der Waals surface area contributed by atoms with Crippen molar-refractivity contribution in [3.8, 4) is 0 Å². The summed E-state index contributed by atoms with van der Waals surface area (Å²) in [6.45, 7) is 3.85. The summed E-state index contributed by atoms with van der Waals surface area (Å²) < 4.78 is 0. The van der Waals surface area contributed by atoms with Gasteiger partial charge in [0.25, 0.3) is 5.91 Å². The molecule has 5 rings (SSSR count). The molecule has 32 heavy (non-hydrogen) atoms. The number of rotatable bonds is 9. The number of nitrogens with zero attached hydrogens (tertiary/aromatic N) is 1. The van der Waals surface area contributed by atoms with E-state index in [0.29, 0.717) is 24.2 Å². The fourth-order valence-corrected chi connectivity index (χ4v) is 6.96. The Labute approximate surface area is 190 Å². The fourth-order valence-electron chi connectivity index (χ4n) is 6.96. The highest BCUT2D eigenvalue weighted by Crippen LogP contribution is 2.55. The van der Waals surface area contributed by atoms with Gasteiger partial charge in [0, 0.05) is 18.5 Å². The molecule has 1 heterocycles. The maximum Gasteiger partial charge on any atom is 0.325 e. The second kappa shape index (κ2) is 9.02. The summed E-state index contributed by atoms with van der Waals surface area (Å²) in [6, 6.07) is -0.909. The van der Waals surface area contributed by atoms with Crippen LogP contribution in [-0.4, -0.2) is 46.4 Å². The molecule has 3 N–H and O–H groups in total. The van der Waals surface area contributed by atoms with E-state index >= 15 is 0 Å². The number of hydrogen-bond donors (Lipinski definition) is 3. The van der Waals surface area contributed by atoms with Gasteiger partial charge < -0.3 is 10.6 Å². The smallest absolute Gasteiger partial charge is 0.325 e. The Morgan fingerprint density at radius 2 is 1.66 bits per heavy atom. The molecule has 0 spiro atoms. The number of nitrogens with one attached hydrogen (secondary N) is 3. The summed E-state index contributed by atoms with van der Waals surface area (Å²) in [7, 11) is 0. The molecule has 0 aromatic heterocycles. The van der Waals surface area contributed by atoms with Crippen molar-refractivity contribution >= 4 is 23.9 Å². The molecule has 4 bridgehead atoms. The maximum absolute atomic E-state index is 12.8. The molecule has 1 saturated heterocycles. The van der Waals surface area contributed by atoms with Crippen molar-refractivity contribution in [1.82, 2.24) is 20.9 Å². The number of carbonyl (C=O) groups is 4. The van der Waals surface area contributed by atoms with Crippen LogP contribution < -0.4 is 16.0 Å². The van der Waals surface area contributed by atoms with Gasteiger partial charge in [0.2, 0.25) is 5.91 Å². The van der Waals surface area contributed by atoms with E-state index in [4.69, 9.17) is 0 Å². The van der Waals surface area contributed by atoms with E-state index in [1.54, 1.807) is 6.92 Å². The molecule has 5 aliphatic rings. The highest BCUT2D eigenvalue weighted by molar-refractivity contribution is 6.07. The zero-order valence-corrected chi connectivity index (χ0v) is 19.5. The molecule has 0 aromatic rings. The molecule has 6 amide bonds. The highest BCUT2D eigenvalue weighted by Gasteiger charge is 2.51. The van der Waals surface area contributed by atoms with Crippen LogP contribution in [0.4, 0.5) is 9.59 Å². The fraction of sp³-hybridized carbons (Fsp3) is 0.833. The molecular weight excluding hydrogens is 408 g/mol. The van der Waals surface area contributed by atoms with Gasteiger partial charge >= 0.3 is 12.1 Å². The van der Waals surface area contributed by atoms with Crippen LogP contribution in [0.15, 0.2) is 0 Å². The minimum Gasteiger partial charge on any atom is -0.332 e.